The summed E-state index contributed by atoms with van der Waals surface area (Å²) in [6, 6.07) is 23.7. The Hall–Kier alpha value is -6.15. The summed E-state index contributed by atoms with van der Waals surface area (Å²) in [6.45, 7) is 2.80. The van der Waals surface area contributed by atoms with E-state index in [1.807, 2.05) is 24.3 Å². The lowest BCUT2D eigenvalue weighted by atomic mass is 9.99. The van der Waals surface area contributed by atoms with E-state index < -0.39 is 12.1 Å². The minimum absolute atomic E-state index is 0.0170. The number of rotatable bonds is 8. The molecule has 5 N–H and O–H groups in total. The van der Waals surface area contributed by atoms with Crippen LogP contribution in [0.1, 0.15) is 62.7 Å². The van der Waals surface area contributed by atoms with Gasteiger partial charge in [-0.05, 0) is 48.5 Å². The number of nitrogens with zero attached hydrogens (tertiary/aromatic N) is 4. The second-order valence-electron chi connectivity index (χ2n) is 12.7. The van der Waals surface area contributed by atoms with Crippen molar-refractivity contribution in [3.8, 4) is 11.5 Å². The van der Waals surface area contributed by atoms with Crippen molar-refractivity contribution in [2.45, 2.75) is 61.4 Å². The Morgan fingerprint density at radius 2 is 1.12 bits per heavy atom. The standard InChI is InChI=1S/C38H35N7O6S/c1-21(46)44-31(27-7-3-5-9-33(27)48)15-25(42-44)19-37(50)39-23-11-13-29-35(17-23)52-36-18-24(12-14-30(36)41-29)40-38(51)20-26-16-32(45(43-26)22(2)47)28-8-4-6-10-34(28)49/h3-14,17-18,31-32,41,48-49H,15-16,19-20H2,1-2H3,(H,39,50)(H,40,51). The normalized spacial score (nSPS) is 17.3. The van der Waals surface area contributed by atoms with Gasteiger partial charge in [-0.15, -0.1) is 0 Å². The van der Waals surface area contributed by atoms with Crippen molar-refractivity contribution in [1.29, 1.82) is 0 Å². The first-order valence-electron chi connectivity index (χ1n) is 16.6. The lowest BCUT2D eigenvalue weighted by Crippen LogP contribution is -2.24. The van der Waals surface area contributed by atoms with E-state index in [-0.39, 0.29) is 48.0 Å². The average molecular weight is 718 g/mol. The molecular formula is C38H35N7O6S. The fraction of sp³-hybridized carbons (Fsp3) is 0.211. The third-order valence-electron chi connectivity index (χ3n) is 8.93. The Morgan fingerprint density at radius 1 is 0.692 bits per heavy atom. The van der Waals surface area contributed by atoms with Crippen LogP contribution in [0, 0.1) is 0 Å². The lowest BCUT2D eigenvalue weighted by Gasteiger charge is -2.22. The molecule has 4 aromatic carbocycles. The van der Waals surface area contributed by atoms with Crippen molar-refractivity contribution in [2.75, 3.05) is 16.0 Å². The molecule has 13 nitrogen and oxygen atoms in total. The van der Waals surface area contributed by atoms with Gasteiger partial charge in [0.05, 0.1) is 47.7 Å². The van der Waals surface area contributed by atoms with Gasteiger partial charge in [0.2, 0.25) is 23.6 Å². The molecule has 0 aliphatic carbocycles. The number of nitrogens with one attached hydrogen (secondary N) is 3. The monoisotopic (exact) mass is 717 g/mol. The van der Waals surface area contributed by atoms with Gasteiger partial charge in [0, 0.05) is 59.0 Å². The summed E-state index contributed by atoms with van der Waals surface area (Å²) in [7, 11) is 0. The molecule has 4 amide bonds. The van der Waals surface area contributed by atoms with Crippen LogP contribution in [0.15, 0.2) is 105 Å². The minimum Gasteiger partial charge on any atom is -0.508 e. The number of carbonyl (C=O) groups is 4. The van der Waals surface area contributed by atoms with Crippen LogP contribution in [-0.2, 0) is 19.2 Å². The molecule has 0 bridgehead atoms. The zero-order valence-corrected chi connectivity index (χ0v) is 29.1. The maximum atomic E-state index is 13.1. The SMILES string of the molecule is CC(=O)N1N=C(CC(=O)Nc2ccc3c(c2)Sc2cc(NC(=O)CC4=NN(C(C)=O)C(c5ccccc5O)C4)ccc2N3)CC1c1ccccc1O. The van der Waals surface area contributed by atoms with Gasteiger partial charge in [-0.25, -0.2) is 10.0 Å². The van der Waals surface area contributed by atoms with Crippen LogP contribution in [0.2, 0.25) is 0 Å². The maximum Gasteiger partial charge on any atom is 0.240 e. The van der Waals surface area contributed by atoms with Gasteiger partial charge >= 0.3 is 0 Å². The van der Waals surface area contributed by atoms with Crippen LogP contribution in [0.5, 0.6) is 11.5 Å². The number of phenolic OH excluding ortho intramolecular Hbond substituents is 2. The number of fused-ring (bicyclic) bond motifs is 2. The molecule has 7 rings (SSSR count). The van der Waals surface area contributed by atoms with Gasteiger partial charge in [0.25, 0.3) is 0 Å². The minimum atomic E-state index is -0.488. The first-order valence-corrected chi connectivity index (χ1v) is 17.4. The van der Waals surface area contributed by atoms with Crippen molar-refractivity contribution in [2.24, 2.45) is 10.2 Å². The highest BCUT2D eigenvalue weighted by molar-refractivity contribution is 7.99. The van der Waals surface area contributed by atoms with Gasteiger partial charge in [0.1, 0.15) is 11.5 Å². The van der Waals surface area contributed by atoms with Gasteiger partial charge in [-0.2, -0.15) is 10.2 Å². The van der Waals surface area contributed by atoms with Crippen LogP contribution in [0.25, 0.3) is 0 Å². The lowest BCUT2D eigenvalue weighted by molar-refractivity contribution is -0.131. The van der Waals surface area contributed by atoms with Crippen molar-refractivity contribution in [3.05, 3.63) is 96.1 Å². The molecule has 3 heterocycles. The number of hydrogen-bond donors (Lipinski definition) is 5. The van der Waals surface area contributed by atoms with E-state index >= 15 is 0 Å². The summed E-state index contributed by atoms with van der Waals surface area (Å²) in [4.78, 5) is 52.6. The van der Waals surface area contributed by atoms with Gasteiger partial charge in [-0.1, -0.05) is 48.2 Å². The predicted octanol–water partition coefficient (Wildman–Crippen LogP) is 6.66. The van der Waals surface area contributed by atoms with E-state index in [9.17, 15) is 29.4 Å². The molecule has 0 aromatic heterocycles. The summed E-state index contributed by atoms with van der Waals surface area (Å²) >= 11 is 1.49. The molecule has 0 saturated carbocycles. The Morgan fingerprint density at radius 3 is 1.52 bits per heavy atom. The summed E-state index contributed by atoms with van der Waals surface area (Å²) in [6.07, 6.45) is 0.621. The molecular weight excluding hydrogens is 683 g/mol. The molecule has 0 spiro atoms. The average Bonchev–Trinajstić information content (AvgIpc) is 3.72. The highest BCUT2D eigenvalue weighted by atomic mass is 32.2. The van der Waals surface area contributed by atoms with Gasteiger partial charge in [0.15, 0.2) is 0 Å². The Kier molecular flexibility index (Phi) is 9.39. The number of anilines is 4. The molecule has 0 radical (unpaired) electrons. The largest absolute Gasteiger partial charge is 0.508 e. The zero-order chi connectivity index (χ0) is 36.5. The number of carbonyl (C=O) groups excluding carboxylic acids is 4. The quantitative estimate of drug-likeness (QED) is 0.118. The summed E-state index contributed by atoms with van der Waals surface area (Å²) < 4.78 is 0. The van der Waals surface area contributed by atoms with E-state index in [4.69, 9.17) is 0 Å². The number of hydrogen-bond acceptors (Lipinski definition) is 10. The molecule has 3 aliphatic heterocycles. The molecule has 3 aliphatic rings. The summed E-state index contributed by atoms with van der Waals surface area (Å²) in [5.74, 6) is -1.01. The van der Waals surface area contributed by atoms with E-state index in [2.05, 4.69) is 26.2 Å². The molecule has 14 heteroatoms. The molecule has 2 unspecified atom stereocenters. The van der Waals surface area contributed by atoms with Crippen LogP contribution in [-0.4, -0.2) is 55.3 Å². The Labute approximate surface area is 303 Å². The maximum absolute atomic E-state index is 13.1. The molecule has 0 saturated heterocycles. The van der Waals surface area contributed by atoms with Crippen molar-refractivity contribution >= 4 is 69.6 Å². The predicted molar refractivity (Wildman–Crippen MR) is 198 cm³/mol. The number of benzene rings is 4. The second kappa shape index (κ2) is 14.2. The number of hydrazone groups is 2. The molecule has 4 aromatic rings. The van der Waals surface area contributed by atoms with Crippen molar-refractivity contribution < 1.29 is 29.4 Å². The zero-order valence-electron chi connectivity index (χ0n) is 28.3. The van der Waals surface area contributed by atoms with Gasteiger partial charge < -0.3 is 26.2 Å². The fourth-order valence-corrected chi connectivity index (χ4v) is 7.65. The highest BCUT2D eigenvalue weighted by Crippen LogP contribution is 2.46. The summed E-state index contributed by atoms with van der Waals surface area (Å²) in [5.41, 5.74) is 5.11. The fourth-order valence-electron chi connectivity index (χ4n) is 6.58. The Bertz CT molecular complexity index is 2040. The van der Waals surface area contributed by atoms with Crippen LogP contribution < -0.4 is 16.0 Å². The van der Waals surface area contributed by atoms with Crippen LogP contribution in [0.3, 0.4) is 0 Å². The molecule has 2 atom stereocenters. The van der Waals surface area contributed by atoms with Crippen LogP contribution in [0.4, 0.5) is 22.7 Å². The number of amides is 4. The third-order valence-corrected chi connectivity index (χ3v) is 10.0. The first-order chi connectivity index (χ1) is 25.0. The molecule has 264 valence electrons. The number of para-hydroxylation sites is 2. The molecule has 0 fully saturated rings. The van der Waals surface area contributed by atoms with Crippen molar-refractivity contribution in [1.82, 2.24) is 10.0 Å². The van der Waals surface area contributed by atoms with E-state index in [0.29, 0.717) is 46.8 Å². The van der Waals surface area contributed by atoms with E-state index in [1.165, 1.54) is 35.6 Å². The van der Waals surface area contributed by atoms with E-state index in [1.54, 1.807) is 60.7 Å². The first kappa shape index (κ1) is 34.3. The highest BCUT2D eigenvalue weighted by Gasteiger charge is 2.34. The van der Waals surface area contributed by atoms with Crippen LogP contribution >= 0.6 is 11.8 Å². The van der Waals surface area contributed by atoms with Crippen molar-refractivity contribution in [3.63, 3.8) is 0 Å². The molecule has 52 heavy (non-hydrogen) atoms. The number of phenols is 2. The topological polar surface area (TPSA) is 176 Å². The third kappa shape index (κ3) is 7.19. The second-order valence-corrected chi connectivity index (χ2v) is 13.8. The Balaban J connectivity index is 0.973. The summed E-state index contributed by atoms with van der Waals surface area (Å²) in [5, 5.41) is 41.4. The number of aromatic hydroxyl groups is 2. The smallest absolute Gasteiger partial charge is 0.240 e. The van der Waals surface area contributed by atoms with Gasteiger partial charge in [-0.3, -0.25) is 19.2 Å². The van der Waals surface area contributed by atoms with E-state index in [0.717, 1.165) is 21.2 Å².